The van der Waals surface area contributed by atoms with Gasteiger partial charge in [-0.3, -0.25) is 9.59 Å². The molecule has 2 aromatic carbocycles. The fraction of sp³-hybridized carbons (Fsp3) is 0.217. The van der Waals surface area contributed by atoms with Gasteiger partial charge < -0.3 is 15.2 Å². The molecule has 0 fully saturated rings. The van der Waals surface area contributed by atoms with Crippen molar-refractivity contribution < 1.29 is 14.0 Å². The predicted octanol–water partition coefficient (Wildman–Crippen LogP) is 4.13. The molecule has 1 atom stereocenters. The minimum atomic E-state index is -0.597. The first kappa shape index (κ1) is 23.2. The van der Waals surface area contributed by atoms with E-state index in [2.05, 4.69) is 27.4 Å². The molecule has 1 aromatic heterocycles. The number of allylic oxidation sites excluding steroid dienone is 1. The van der Waals surface area contributed by atoms with E-state index in [-0.39, 0.29) is 17.2 Å². The van der Waals surface area contributed by atoms with Crippen LogP contribution in [-0.4, -0.2) is 32.3 Å². The fourth-order valence-electron chi connectivity index (χ4n) is 3.06. The van der Waals surface area contributed by atoms with Crippen molar-refractivity contribution in [2.45, 2.75) is 31.6 Å². The van der Waals surface area contributed by atoms with Gasteiger partial charge in [-0.25, -0.2) is 4.39 Å². The molecule has 0 saturated carbocycles. The Hall–Kier alpha value is -3.46. The van der Waals surface area contributed by atoms with Gasteiger partial charge in [0.05, 0.1) is 17.4 Å². The van der Waals surface area contributed by atoms with Gasteiger partial charge in [-0.2, -0.15) is 0 Å². The van der Waals surface area contributed by atoms with Crippen LogP contribution in [0.1, 0.15) is 34.7 Å². The van der Waals surface area contributed by atoms with Crippen LogP contribution in [-0.2, 0) is 11.3 Å². The smallest absolute Gasteiger partial charge is 0.254 e. The largest absolute Gasteiger partial charge is 0.342 e. The normalized spacial score (nSPS) is 11.6. The molecule has 2 N–H and O–H groups in total. The second-order valence-corrected chi connectivity index (χ2v) is 8.06. The van der Waals surface area contributed by atoms with Crippen LogP contribution in [0.15, 0.2) is 66.3 Å². The van der Waals surface area contributed by atoms with Crippen LogP contribution in [0.25, 0.3) is 0 Å². The van der Waals surface area contributed by atoms with Gasteiger partial charge in [0.2, 0.25) is 5.91 Å². The predicted molar refractivity (Wildman–Crippen MR) is 123 cm³/mol. The van der Waals surface area contributed by atoms with E-state index in [0.29, 0.717) is 17.5 Å². The molecule has 32 heavy (non-hydrogen) atoms. The summed E-state index contributed by atoms with van der Waals surface area (Å²) in [6.45, 7) is 7.84. The molecule has 0 aliphatic rings. The summed E-state index contributed by atoms with van der Waals surface area (Å²) < 4.78 is 15.7. The number of carbonyl (C=O) groups is 2. The maximum Gasteiger partial charge on any atom is 0.254 e. The van der Waals surface area contributed by atoms with Crippen LogP contribution >= 0.6 is 11.8 Å². The van der Waals surface area contributed by atoms with Crippen molar-refractivity contribution in [3.05, 3.63) is 84.0 Å². The summed E-state index contributed by atoms with van der Waals surface area (Å²) in [6.07, 6.45) is 1.68. The number of benzene rings is 2. The van der Waals surface area contributed by atoms with Gasteiger partial charge in [0.25, 0.3) is 5.91 Å². The first-order valence-electron chi connectivity index (χ1n) is 9.97. The molecule has 0 radical (unpaired) electrons. The first-order chi connectivity index (χ1) is 15.4. The maximum atomic E-state index is 13.9. The van der Waals surface area contributed by atoms with Gasteiger partial charge in [-0.15, -0.1) is 16.8 Å². The number of carbonyl (C=O) groups excluding carboxylic acids is 2. The molecule has 0 bridgehead atoms. The zero-order chi connectivity index (χ0) is 23.1. The molecule has 3 aromatic rings. The van der Waals surface area contributed by atoms with E-state index < -0.39 is 17.8 Å². The Labute approximate surface area is 190 Å². The Bertz CT molecular complexity index is 1130. The maximum absolute atomic E-state index is 13.9. The molecule has 7 nitrogen and oxygen atoms in total. The molecular formula is C23H24FN5O2S. The van der Waals surface area contributed by atoms with Crippen molar-refractivity contribution >= 4 is 29.3 Å². The monoisotopic (exact) mass is 453 g/mol. The number of nitrogens with one attached hydrogen (secondary N) is 2. The highest BCUT2D eigenvalue weighted by atomic mass is 32.2. The molecule has 0 saturated heterocycles. The van der Waals surface area contributed by atoms with Crippen molar-refractivity contribution in [1.82, 2.24) is 20.1 Å². The van der Waals surface area contributed by atoms with Crippen molar-refractivity contribution in [2.75, 3.05) is 11.1 Å². The van der Waals surface area contributed by atoms with Gasteiger partial charge >= 0.3 is 0 Å². The van der Waals surface area contributed by atoms with E-state index in [9.17, 15) is 14.0 Å². The van der Waals surface area contributed by atoms with Crippen molar-refractivity contribution in [3.63, 3.8) is 0 Å². The Morgan fingerprint density at radius 1 is 1.22 bits per heavy atom. The van der Waals surface area contributed by atoms with Crippen LogP contribution < -0.4 is 10.6 Å². The zero-order valence-electron chi connectivity index (χ0n) is 17.8. The number of hydrogen-bond donors (Lipinski definition) is 2. The number of amides is 2. The molecule has 0 aliphatic carbocycles. The lowest BCUT2D eigenvalue weighted by atomic mass is 10.2. The number of hydrogen-bond acceptors (Lipinski definition) is 5. The minimum Gasteiger partial charge on any atom is -0.342 e. The summed E-state index contributed by atoms with van der Waals surface area (Å²) in [4.78, 5) is 24.8. The number of anilines is 1. The molecule has 1 unspecified atom stereocenters. The molecule has 3 rings (SSSR count). The van der Waals surface area contributed by atoms with E-state index in [1.165, 1.54) is 30.0 Å². The number of rotatable bonds is 9. The minimum absolute atomic E-state index is 0.0449. The van der Waals surface area contributed by atoms with Crippen LogP contribution in [0.2, 0.25) is 0 Å². The number of halogens is 1. The van der Waals surface area contributed by atoms with Crippen LogP contribution in [0.4, 0.5) is 10.1 Å². The third-order valence-corrected chi connectivity index (χ3v) is 5.51. The summed E-state index contributed by atoms with van der Waals surface area (Å²) in [6, 6.07) is 12.8. The number of nitrogens with zero attached hydrogens (tertiary/aromatic N) is 3. The topological polar surface area (TPSA) is 88.9 Å². The van der Waals surface area contributed by atoms with E-state index in [1.54, 1.807) is 23.6 Å². The Morgan fingerprint density at radius 2 is 2.00 bits per heavy atom. The molecule has 166 valence electrons. The third-order valence-electron chi connectivity index (χ3n) is 4.54. The summed E-state index contributed by atoms with van der Waals surface area (Å²) >= 11 is 1.23. The Balaban J connectivity index is 1.67. The SMILES string of the molecule is C=CCn1c(SCC(=O)Nc2cccc(C)c2)nnc1C(C)NC(=O)c1ccccc1F. The molecule has 9 heteroatoms. The van der Waals surface area contributed by atoms with E-state index >= 15 is 0 Å². The van der Waals surface area contributed by atoms with Crippen molar-refractivity contribution in [3.8, 4) is 0 Å². The van der Waals surface area contributed by atoms with Gasteiger partial charge in [0, 0.05) is 12.2 Å². The van der Waals surface area contributed by atoms with Crippen LogP contribution in [0.3, 0.4) is 0 Å². The van der Waals surface area contributed by atoms with Crippen molar-refractivity contribution in [1.29, 1.82) is 0 Å². The third kappa shape index (κ3) is 5.82. The van der Waals surface area contributed by atoms with E-state index in [4.69, 9.17) is 0 Å². The molecular weight excluding hydrogens is 429 g/mol. The summed E-state index contributed by atoms with van der Waals surface area (Å²) in [7, 11) is 0. The lowest BCUT2D eigenvalue weighted by molar-refractivity contribution is -0.113. The lowest BCUT2D eigenvalue weighted by Crippen LogP contribution is -2.29. The lowest BCUT2D eigenvalue weighted by Gasteiger charge is -2.15. The van der Waals surface area contributed by atoms with Gasteiger partial charge in [0.15, 0.2) is 11.0 Å². The molecule has 0 spiro atoms. The average molecular weight is 454 g/mol. The molecule has 2 amide bonds. The second-order valence-electron chi connectivity index (χ2n) is 7.12. The highest BCUT2D eigenvalue weighted by Crippen LogP contribution is 2.22. The highest BCUT2D eigenvalue weighted by molar-refractivity contribution is 7.99. The summed E-state index contributed by atoms with van der Waals surface area (Å²) in [5.41, 5.74) is 1.74. The van der Waals surface area contributed by atoms with E-state index in [0.717, 1.165) is 11.3 Å². The quantitative estimate of drug-likeness (QED) is 0.376. The summed E-state index contributed by atoms with van der Waals surface area (Å²) in [5, 5.41) is 14.5. The zero-order valence-corrected chi connectivity index (χ0v) is 18.7. The second kappa shape index (κ2) is 10.7. The number of aryl methyl sites for hydroxylation is 1. The average Bonchev–Trinajstić information content (AvgIpc) is 3.15. The van der Waals surface area contributed by atoms with Gasteiger partial charge in [0.1, 0.15) is 5.82 Å². The summed E-state index contributed by atoms with van der Waals surface area (Å²) in [5.74, 6) is -0.692. The van der Waals surface area contributed by atoms with Crippen LogP contribution in [0.5, 0.6) is 0 Å². The number of thioether (sulfide) groups is 1. The van der Waals surface area contributed by atoms with Crippen molar-refractivity contribution in [2.24, 2.45) is 0 Å². The fourth-order valence-corrected chi connectivity index (χ4v) is 3.82. The van der Waals surface area contributed by atoms with Gasteiger partial charge in [-0.05, 0) is 43.7 Å². The Morgan fingerprint density at radius 3 is 2.72 bits per heavy atom. The van der Waals surface area contributed by atoms with Crippen LogP contribution in [0, 0.1) is 12.7 Å². The van der Waals surface area contributed by atoms with Gasteiger partial charge in [-0.1, -0.05) is 42.1 Å². The standard InChI is InChI=1S/C23H24FN5O2S/c1-4-12-29-21(16(3)25-22(31)18-10-5-6-11-19(18)24)27-28-23(29)32-14-20(30)26-17-9-7-8-15(2)13-17/h4-11,13,16H,1,12,14H2,2-3H3,(H,25,31)(H,26,30). The Kier molecular flexibility index (Phi) is 7.77. The molecule has 0 aliphatic heterocycles. The highest BCUT2D eigenvalue weighted by Gasteiger charge is 2.21. The molecule has 1 heterocycles. The first-order valence-corrected chi connectivity index (χ1v) is 11.0. The van der Waals surface area contributed by atoms with E-state index in [1.807, 2.05) is 31.2 Å². The number of aromatic nitrogens is 3.